The second kappa shape index (κ2) is 13.9. The van der Waals surface area contributed by atoms with E-state index in [1.807, 2.05) is 4.90 Å². The fraction of sp³-hybridized carbons (Fsp3) is 0.731. The van der Waals surface area contributed by atoms with E-state index in [1.165, 1.54) is 11.3 Å². The van der Waals surface area contributed by atoms with Crippen LogP contribution in [0.25, 0.3) is 0 Å². The number of alkyl carbamates (subject to hydrolysis) is 1. The first-order valence-electron chi connectivity index (χ1n) is 13.5. The molecule has 0 unspecified atom stereocenters. The Hall–Kier alpha value is -2.55. The molecular formula is C26H45N5O7SSi. The van der Waals surface area contributed by atoms with Crippen molar-refractivity contribution >= 4 is 48.7 Å². The summed E-state index contributed by atoms with van der Waals surface area (Å²) in [6, 6.07) is -1.07. The maximum Gasteiger partial charge on any atom is 0.407 e. The highest BCUT2D eigenvalue weighted by molar-refractivity contribution is 7.13. The number of hydrogen-bond donors (Lipinski definition) is 3. The number of carbonyl (C=O) groups is 4. The Kier molecular flexibility index (Phi) is 11.7. The van der Waals surface area contributed by atoms with Crippen LogP contribution in [0, 0.1) is 5.92 Å². The lowest BCUT2D eigenvalue weighted by Crippen LogP contribution is -2.46. The summed E-state index contributed by atoms with van der Waals surface area (Å²) in [5, 5.41) is 7.57. The molecule has 1 aliphatic rings. The Morgan fingerprint density at radius 2 is 1.70 bits per heavy atom. The van der Waals surface area contributed by atoms with E-state index in [4.69, 9.17) is 19.6 Å². The maximum atomic E-state index is 12.5. The number of piperidine rings is 1. The molecule has 1 saturated heterocycles. The number of anilines is 1. The van der Waals surface area contributed by atoms with Gasteiger partial charge < -0.3 is 35.2 Å². The minimum Gasteiger partial charge on any atom is -0.444 e. The number of ether oxygens (including phenoxy) is 2. The van der Waals surface area contributed by atoms with E-state index in [-0.39, 0.29) is 35.7 Å². The Balaban J connectivity index is 1.75. The standard InChI is InChI=1S/C26H45N5O7SSi/c1-25(2,3)38-24(35)29-12-11-28-20(32)17-9-13-31(14-10-17)23-30-19(16-39-23)22(34)37-21(33)18(27)15-36-40(7,8)26(4,5)6/h16-18H,9-15,27H2,1-8H3,(H,28,32)(H,29,35)/t18-/m0/s1. The number of carbonyl (C=O) groups excluding carboxylic acids is 4. The van der Waals surface area contributed by atoms with Crippen LogP contribution in [0.2, 0.25) is 18.1 Å². The highest BCUT2D eigenvalue weighted by Gasteiger charge is 2.38. The SMILES string of the molecule is CC(C)(C)OC(=O)NCCNC(=O)C1CCN(c2nc(C(=O)OC(=O)[C@@H](N)CO[Si](C)(C)C(C)(C)C)cs2)CC1. The lowest BCUT2D eigenvalue weighted by Gasteiger charge is -2.36. The summed E-state index contributed by atoms with van der Waals surface area (Å²) in [6.45, 7) is 17.4. The van der Waals surface area contributed by atoms with Crippen molar-refractivity contribution in [2.24, 2.45) is 11.7 Å². The fourth-order valence-corrected chi connectivity index (χ4v) is 5.32. The normalized spacial score (nSPS) is 15.8. The lowest BCUT2D eigenvalue weighted by atomic mass is 9.96. The molecular weight excluding hydrogens is 554 g/mol. The van der Waals surface area contributed by atoms with Gasteiger partial charge in [0, 0.05) is 37.5 Å². The maximum absolute atomic E-state index is 12.5. The number of aromatic nitrogens is 1. The zero-order chi connectivity index (χ0) is 30.3. The number of amides is 2. The van der Waals surface area contributed by atoms with Crippen molar-refractivity contribution in [2.45, 2.75) is 84.2 Å². The number of nitrogens with one attached hydrogen (secondary N) is 2. The van der Waals surface area contributed by atoms with Gasteiger partial charge in [-0.25, -0.2) is 19.4 Å². The second-order valence-electron chi connectivity index (χ2n) is 12.4. The molecule has 0 bridgehead atoms. The van der Waals surface area contributed by atoms with Gasteiger partial charge in [-0.1, -0.05) is 20.8 Å². The van der Waals surface area contributed by atoms with Crippen molar-refractivity contribution in [3.05, 3.63) is 11.1 Å². The van der Waals surface area contributed by atoms with Gasteiger partial charge in [0.15, 0.2) is 19.1 Å². The second-order valence-corrected chi connectivity index (χ2v) is 18.0. The van der Waals surface area contributed by atoms with E-state index in [1.54, 1.807) is 26.2 Å². The smallest absolute Gasteiger partial charge is 0.407 e. The van der Waals surface area contributed by atoms with Gasteiger partial charge >= 0.3 is 18.0 Å². The first-order valence-corrected chi connectivity index (χ1v) is 17.3. The molecule has 1 atom stereocenters. The third-order valence-corrected chi connectivity index (χ3v) is 12.3. The Morgan fingerprint density at radius 3 is 2.27 bits per heavy atom. The summed E-state index contributed by atoms with van der Waals surface area (Å²) < 4.78 is 16.1. The number of hydrogen-bond acceptors (Lipinski definition) is 11. The largest absolute Gasteiger partial charge is 0.444 e. The van der Waals surface area contributed by atoms with Gasteiger partial charge in [0.25, 0.3) is 0 Å². The van der Waals surface area contributed by atoms with Gasteiger partial charge in [0.2, 0.25) is 5.91 Å². The number of nitrogens with zero attached hydrogens (tertiary/aromatic N) is 2. The molecule has 0 saturated carbocycles. The Bertz CT molecular complexity index is 1040. The van der Waals surface area contributed by atoms with E-state index < -0.39 is 38.0 Å². The van der Waals surface area contributed by atoms with Gasteiger partial charge in [0.05, 0.1) is 6.61 Å². The summed E-state index contributed by atoms with van der Waals surface area (Å²) in [7, 11) is -2.10. The molecule has 0 aliphatic carbocycles. The zero-order valence-corrected chi connectivity index (χ0v) is 26.7. The van der Waals surface area contributed by atoms with Crippen LogP contribution in [-0.2, 0) is 23.5 Å². The molecule has 2 rings (SSSR count). The average Bonchev–Trinajstić information content (AvgIpc) is 3.34. The minimum absolute atomic E-state index is 0.0201. The number of nitrogens with two attached hydrogens (primary N) is 1. The van der Waals surface area contributed by atoms with Crippen molar-refractivity contribution < 1.29 is 33.1 Å². The molecule has 1 aromatic heterocycles. The van der Waals surface area contributed by atoms with Crippen molar-refractivity contribution in [1.29, 1.82) is 0 Å². The number of esters is 2. The van der Waals surface area contributed by atoms with Crippen LogP contribution in [0.5, 0.6) is 0 Å². The first kappa shape index (κ1) is 33.7. The molecule has 4 N–H and O–H groups in total. The summed E-state index contributed by atoms with van der Waals surface area (Å²) in [5.41, 5.74) is 5.37. The molecule has 1 fully saturated rings. The molecule has 0 spiro atoms. The third kappa shape index (κ3) is 10.4. The Labute approximate surface area is 241 Å². The average molecular weight is 600 g/mol. The van der Waals surface area contributed by atoms with E-state index in [9.17, 15) is 19.2 Å². The van der Waals surface area contributed by atoms with Crippen LogP contribution in [0.4, 0.5) is 9.93 Å². The minimum atomic E-state index is -2.10. The highest BCUT2D eigenvalue weighted by Crippen LogP contribution is 2.36. The van der Waals surface area contributed by atoms with Gasteiger partial charge in [-0.3, -0.25) is 4.79 Å². The molecule has 40 heavy (non-hydrogen) atoms. The van der Waals surface area contributed by atoms with E-state index in [0.717, 1.165) is 0 Å². The van der Waals surface area contributed by atoms with Crippen LogP contribution >= 0.6 is 11.3 Å². The first-order chi connectivity index (χ1) is 18.4. The molecule has 2 amide bonds. The quantitative estimate of drug-likeness (QED) is 0.158. The monoisotopic (exact) mass is 599 g/mol. The molecule has 226 valence electrons. The topological polar surface area (TPSA) is 162 Å². The number of rotatable bonds is 10. The van der Waals surface area contributed by atoms with E-state index in [0.29, 0.717) is 37.6 Å². The lowest BCUT2D eigenvalue weighted by molar-refractivity contribution is -0.140. The van der Waals surface area contributed by atoms with Gasteiger partial charge in [-0.15, -0.1) is 11.3 Å². The van der Waals surface area contributed by atoms with E-state index >= 15 is 0 Å². The molecule has 0 aromatic carbocycles. The summed E-state index contributed by atoms with van der Waals surface area (Å²) >= 11 is 1.27. The predicted molar refractivity (Wildman–Crippen MR) is 156 cm³/mol. The van der Waals surface area contributed by atoms with Crippen molar-refractivity contribution in [3.63, 3.8) is 0 Å². The van der Waals surface area contributed by atoms with Crippen molar-refractivity contribution in [2.75, 3.05) is 37.7 Å². The van der Waals surface area contributed by atoms with Crippen LogP contribution in [-0.4, -0.2) is 81.7 Å². The summed E-state index contributed by atoms with van der Waals surface area (Å²) in [4.78, 5) is 55.4. The van der Waals surface area contributed by atoms with Crippen molar-refractivity contribution in [3.8, 4) is 0 Å². The molecule has 0 radical (unpaired) electrons. The van der Waals surface area contributed by atoms with Crippen LogP contribution < -0.4 is 21.3 Å². The molecule has 1 aliphatic heterocycles. The van der Waals surface area contributed by atoms with Gasteiger partial charge in [-0.2, -0.15) is 0 Å². The van der Waals surface area contributed by atoms with Crippen LogP contribution in [0.15, 0.2) is 5.38 Å². The predicted octanol–water partition coefficient (Wildman–Crippen LogP) is 3.03. The summed E-state index contributed by atoms with van der Waals surface area (Å²) in [5.74, 6) is -1.94. The highest BCUT2D eigenvalue weighted by atomic mass is 32.1. The van der Waals surface area contributed by atoms with E-state index in [2.05, 4.69) is 49.5 Å². The molecule has 2 heterocycles. The molecule has 1 aromatic rings. The zero-order valence-electron chi connectivity index (χ0n) is 24.9. The van der Waals surface area contributed by atoms with Crippen molar-refractivity contribution in [1.82, 2.24) is 15.6 Å². The summed E-state index contributed by atoms with van der Waals surface area (Å²) in [6.07, 6.45) is 0.711. The van der Waals surface area contributed by atoms with Crippen LogP contribution in [0.3, 0.4) is 0 Å². The van der Waals surface area contributed by atoms with Gasteiger partial charge in [0.1, 0.15) is 11.6 Å². The molecule has 12 nitrogen and oxygen atoms in total. The number of thiazole rings is 1. The van der Waals surface area contributed by atoms with Gasteiger partial charge in [-0.05, 0) is 51.7 Å². The Morgan fingerprint density at radius 1 is 1.10 bits per heavy atom. The fourth-order valence-electron chi connectivity index (χ4n) is 3.45. The third-order valence-electron chi connectivity index (χ3n) is 6.86. The molecule has 14 heteroatoms. The van der Waals surface area contributed by atoms with Crippen LogP contribution in [0.1, 0.15) is 64.9 Å².